The third kappa shape index (κ3) is 2.92. The van der Waals surface area contributed by atoms with Crippen LogP contribution >= 0.6 is 23.2 Å². The molecule has 2 heterocycles. The molecular weight excluding hydrogens is 319 g/mol. The van der Waals surface area contributed by atoms with Crippen molar-refractivity contribution in [3.63, 3.8) is 0 Å². The number of halogens is 2. The Balaban J connectivity index is 1.95. The predicted molar refractivity (Wildman–Crippen MR) is 90.5 cm³/mol. The molecule has 0 fully saturated rings. The Morgan fingerprint density at radius 2 is 1.91 bits per heavy atom. The van der Waals surface area contributed by atoms with Gasteiger partial charge >= 0.3 is 0 Å². The Kier molecular flexibility index (Phi) is 4.27. The number of benzene rings is 1. The molecule has 0 aliphatic rings. The molecule has 0 radical (unpaired) electrons. The van der Waals surface area contributed by atoms with Crippen molar-refractivity contribution in [3.05, 3.63) is 51.8 Å². The Morgan fingerprint density at radius 3 is 2.64 bits per heavy atom. The summed E-state index contributed by atoms with van der Waals surface area (Å²) in [6.45, 7) is 4.15. The van der Waals surface area contributed by atoms with Crippen LogP contribution < -0.4 is 0 Å². The monoisotopic (exact) mass is 334 g/mol. The summed E-state index contributed by atoms with van der Waals surface area (Å²) < 4.78 is 5.90. The summed E-state index contributed by atoms with van der Waals surface area (Å²) in [4.78, 5) is 7.87. The first-order chi connectivity index (χ1) is 10.6. The van der Waals surface area contributed by atoms with E-state index >= 15 is 0 Å². The molecule has 0 amide bonds. The molecule has 0 aliphatic heterocycles. The fraction of sp³-hybridized carbons (Fsp3) is 0.235. The zero-order chi connectivity index (χ0) is 15.7. The van der Waals surface area contributed by atoms with Crippen LogP contribution in [0.5, 0.6) is 0 Å². The molecule has 5 heteroatoms. The van der Waals surface area contributed by atoms with Crippen LogP contribution in [0.25, 0.3) is 22.9 Å². The molecule has 0 atom stereocenters. The molecule has 0 saturated carbocycles. The number of aromatic nitrogens is 2. The van der Waals surface area contributed by atoms with Crippen molar-refractivity contribution in [3.8, 4) is 22.9 Å². The van der Waals surface area contributed by atoms with E-state index in [9.17, 15) is 0 Å². The quantitative estimate of drug-likeness (QED) is 0.644. The summed E-state index contributed by atoms with van der Waals surface area (Å²) in [5, 5.41) is 1.17. The molecule has 3 nitrogen and oxygen atoms in total. The van der Waals surface area contributed by atoms with Crippen molar-refractivity contribution in [2.24, 2.45) is 0 Å². The number of hydrogen-bond acceptors (Lipinski definition) is 2. The number of furan rings is 1. The molecule has 3 rings (SSSR count). The second-order valence-electron chi connectivity index (χ2n) is 5.19. The Bertz CT molecular complexity index is 805. The van der Waals surface area contributed by atoms with E-state index < -0.39 is 0 Å². The average Bonchev–Trinajstić information content (AvgIpc) is 3.07. The highest BCUT2D eigenvalue weighted by Gasteiger charge is 2.14. The molecule has 0 unspecified atom stereocenters. The summed E-state index contributed by atoms with van der Waals surface area (Å²) in [6, 6.07) is 9.14. The predicted octanol–water partition coefficient (Wildman–Crippen LogP) is 5.90. The largest absolute Gasteiger partial charge is 0.453 e. The molecule has 3 aromatic rings. The summed E-state index contributed by atoms with van der Waals surface area (Å²) in [7, 11) is 0. The van der Waals surface area contributed by atoms with Gasteiger partial charge in [0.05, 0.1) is 10.7 Å². The molecule has 0 saturated heterocycles. The maximum atomic E-state index is 6.22. The van der Waals surface area contributed by atoms with Crippen molar-refractivity contribution in [2.75, 3.05) is 0 Å². The fourth-order valence-corrected chi connectivity index (χ4v) is 2.91. The molecule has 1 N–H and O–H groups in total. The molecule has 2 aromatic heterocycles. The first kappa shape index (κ1) is 15.2. The highest BCUT2D eigenvalue weighted by molar-refractivity contribution is 6.36. The third-order valence-corrected chi connectivity index (χ3v) is 4.07. The van der Waals surface area contributed by atoms with Crippen LogP contribution in [0.4, 0.5) is 0 Å². The topological polar surface area (TPSA) is 41.8 Å². The van der Waals surface area contributed by atoms with E-state index in [1.165, 1.54) is 0 Å². The lowest BCUT2D eigenvalue weighted by Gasteiger charge is -2.01. The van der Waals surface area contributed by atoms with Crippen LogP contribution in [0.2, 0.25) is 10.0 Å². The van der Waals surface area contributed by atoms with Crippen molar-refractivity contribution in [1.82, 2.24) is 9.97 Å². The van der Waals surface area contributed by atoms with Crippen molar-refractivity contribution >= 4 is 23.2 Å². The van der Waals surface area contributed by atoms with Crippen LogP contribution in [0.3, 0.4) is 0 Å². The zero-order valence-corrected chi connectivity index (χ0v) is 13.9. The summed E-state index contributed by atoms with van der Waals surface area (Å²) in [6.07, 6.45) is 2.06. The molecule has 22 heavy (non-hydrogen) atoms. The number of H-pyrrole nitrogens is 1. The number of rotatable bonds is 4. The van der Waals surface area contributed by atoms with E-state index in [0.717, 1.165) is 35.6 Å². The van der Waals surface area contributed by atoms with Crippen LogP contribution in [0.15, 0.2) is 34.7 Å². The van der Waals surface area contributed by atoms with E-state index in [1.807, 2.05) is 25.1 Å². The van der Waals surface area contributed by atoms with Crippen LogP contribution in [-0.2, 0) is 6.42 Å². The highest BCUT2D eigenvalue weighted by Crippen LogP contribution is 2.33. The van der Waals surface area contributed by atoms with Gasteiger partial charge in [-0.05, 0) is 43.7 Å². The molecule has 114 valence electrons. The first-order valence-electron chi connectivity index (χ1n) is 7.19. The second kappa shape index (κ2) is 6.19. The normalized spacial score (nSPS) is 11.1. The van der Waals surface area contributed by atoms with Gasteiger partial charge in [0.25, 0.3) is 0 Å². The van der Waals surface area contributed by atoms with Gasteiger partial charge in [0.15, 0.2) is 11.6 Å². The van der Waals surface area contributed by atoms with Crippen molar-refractivity contribution < 1.29 is 4.42 Å². The van der Waals surface area contributed by atoms with E-state index in [0.29, 0.717) is 21.6 Å². The summed E-state index contributed by atoms with van der Waals surface area (Å²) in [5.41, 5.74) is 2.98. The standard InChI is InChI=1S/C17H16Cl2N2O/c1-3-4-14-10(2)20-17(21-14)16-8-7-15(22-16)12-6-5-11(18)9-13(12)19/h5-9H,3-4H2,1-2H3,(H,20,21). The second-order valence-corrected chi connectivity index (χ2v) is 6.03. The van der Waals surface area contributed by atoms with E-state index in [2.05, 4.69) is 16.9 Å². The van der Waals surface area contributed by atoms with Crippen LogP contribution in [0, 0.1) is 6.92 Å². The van der Waals surface area contributed by atoms with Gasteiger partial charge in [-0.1, -0.05) is 36.5 Å². The zero-order valence-electron chi connectivity index (χ0n) is 12.4. The van der Waals surface area contributed by atoms with E-state index in [-0.39, 0.29) is 0 Å². The number of aryl methyl sites for hydroxylation is 2. The van der Waals surface area contributed by atoms with Gasteiger partial charge in [0.1, 0.15) is 5.76 Å². The van der Waals surface area contributed by atoms with E-state index in [4.69, 9.17) is 27.6 Å². The lowest BCUT2D eigenvalue weighted by atomic mass is 10.2. The van der Waals surface area contributed by atoms with Gasteiger partial charge in [-0.2, -0.15) is 0 Å². The third-order valence-electron chi connectivity index (χ3n) is 3.52. The molecule has 0 aliphatic carbocycles. The van der Waals surface area contributed by atoms with Gasteiger partial charge in [-0.15, -0.1) is 0 Å². The minimum Gasteiger partial charge on any atom is -0.453 e. The number of nitrogens with zero attached hydrogens (tertiary/aromatic N) is 1. The van der Waals surface area contributed by atoms with Gasteiger partial charge < -0.3 is 9.40 Å². The molecule has 0 bridgehead atoms. The summed E-state index contributed by atoms with van der Waals surface area (Å²) in [5.74, 6) is 2.14. The smallest absolute Gasteiger partial charge is 0.174 e. The first-order valence-corrected chi connectivity index (χ1v) is 7.95. The van der Waals surface area contributed by atoms with Gasteiger partial charge in [-0.25, -0.2) is 4.98 Å². The maximum absolute atomic E-state index is 6.22. The summed E-state index contributed by atoms with van der Waals surface area (Å²) >= 11 is 12.1. The van der Waals surface area contributed by atoms with E-state index in [1.54, 1.807) is 12.1 Å². The Hall–Kier alpha value is -1.71. The minimum absolute atomic E-state index is 0.565. The van der Waals surface area contributed by atoms with Crippen molar-refractivity contribution in [2.45, 2.75) is 26.7 Å². The average molecular weight is 335 g/mol. The highest BCUT2D eigenvalue weighted by atomic mass is 35.5. The number of hydrogen-bond donors (Lipinski definition) is 1. The van der Waals surface area contributed by atoms with Crippen molar-refractivity contribution in [1.29, 1.82) is 0 Å². The number of imidazole rings is 1. The molecule has 0 spiro atoms. The fourth-order valence-electron chi connectivity index (χ4n) is 2.41. The lowest BCUT2D eigenvalue weighted by Crippen LogP contribution is -1.85. The molecular formula is C17H16Cl2N2O. The SMILES string of the molecule is CCCc1[nH]c(-c2ccc(-c3ccc(Cl)cc3Cl)o2)nc1C. The van der Waals surface area contributed by atoms with Crippen LogP contribution in [0.1, 0.15) is 24.7 Å². The minimum atomic E-state index is 0.565. The Morgan fingerprint density at radius 1 is 1.14 bits per heavy atom. The van der Waals surface area contributed by atoms with Gasteiger partial charge in [0.2, 0.25) is 0 Å². The van der Waals surface area contributed by atoms with Crippen LogP contribution in [-0.4, -0.2) is 9.97 Å². The maximum Gasteiger partial charge on any atom is 0.174 e. The van der Waals surface area contributed by atoms with Gasteiger partial charge in [0, 0.05) is 16.3 Å². The Labute approximate surface area is 139 Å². The number of nitrogens with one attached hydrogen (secondary N) is 1. The van der Waals surface area contributed by atoms with Gasteiger partial charge in [-0.3, -0.25) is 0 Å². The lowest BCUT2D eigenvalue weighted by molar-refractivity contribution is 0.592. The molecule has 1 aromatic carbocycles. The number of aromatic amines is 1.